The van der Waals surface area contributed by atoms with Gasteiger partial charge in [0.15, 0.2) is 0 Å². The Labute approximate surface area is 96.3 Å². The number of rotatable bonds is 3. The Morgan fingerprint density at radius 2 is 1.40 bits per heavy atom. The monoisotopic (exact) mass is 211 g/mol. The largest absolute Gasteiger partial charge is 0.307 e. The molecule has 15 heavy (non-hydrogen) atoms. The molecule has 0 aliphatic rings. The minimum Gasteiger partial charge on any atom is -0.307 e. The third-order valence-corrected chi connectivity index (χ3v) is 3.07. The first-order valence-electron chi connectivity index (χ1n) is 5.87. The van der Waals surface area contributed by atoms with Crippen LogP contribution in [-0.4, -0.2) is 12.1 Å². The molecule has 90 valence electrons. The van der Waals surface area contributed by atoms with Gasteiger partial charge in [-0.2, -0.15) is 0 Å². The van der Waals surface area contributed by atoms with Gasteiger partial charge in [0, 0.05) is 12.1 Å². The SMILES string of the molecule is C=C(C)C(NC(C)C(C)(C)C)C(C)(C)C. The number of hydrogen-bond acceptors (Lipinski definition) is 1. The second kappa shape index (κ2) is 4.69. The standard InChI is InChI=1S/C14H29N/c1-10(2)12(14(7,8)9)15-11(3)13(4,5)6/h11-12,15H,1H2,2-9H3. The van der Waals surface area contributed by atoms with Crippen LogP contribution in [0.5, 0.6) is 0 Å². The molecule has 1 nitrogen and oxygen atoms in total. The summed E-state index contributed by atoms with van der Waals surface area (Å²) in [6.45, 7) is 22.0. The molecule has 0 aliphatic heterocycles. The van der Waals surface area contributed by atoms with Gasteiger partial charge in [0.2, 0.25) is 0 Å². The molecule has 0 bridgehead atoms. The van der Waals surface area contributed by atoms with Crippen molar-refractivity contribution in [2.24, 2.45) is 10.8 Å². The van der Waals surface area contributed by atoms with Gasteiger partial charge < -0.3 is 5.32 Å². The molecule has 2 atom stereocenters. The smallest absolute Gasteiger partial charge is 0.0325 e. The molecule has 2 unspecified atom stereocenters. The van der Waals surface area contributed by atoms with Gasteiger partial charge in [0.1, 0.15) is 0 Å². The van der Waals surface area contributed by atoms with Gasteiger partial charge in [-0.1, -0.05) is 53.7 Å². The molecule has 0 heterocycles. The van der Waals surface area contributed by atoms with Gasteiger partial charge in [-0.3, -0.25) is 0 Å². The van der Waals surface area contributed by atoms with Crippen molar-refractivity contribution in [2.75, 3.05) is 0 Å². The minimum atomic E-state index is 0.228. The van der Waals surface area contributed by atoms with Crippen molar-refractivity contribution in [1.29, 1.82) is 0 Å². The van der Waals surface area contributed by atoms with E-state index in [1.807, 2.05) is 0 Å². The van der Waals surface area contributed by atoms with Crippen LogP contribution >= 0.6 is 0 Å². The Kier molecular flexibility index (Phi) is 4.60. The van der Waals surface area contributed by atoms with Crippen molar-refractivity contribution in [1.82, 2.24) is 5.32 Å². The number of hydrogen-bond donors (Lipinski definition) is 1. The van der Waals surface area contributed by atoms with Gasteiger partial charge in [0.25, 0.3) is 0 Å². The predicted molar refractivity (Wildman–Crippen MR) is 70.1 cm³/mol. The van der Waals surface area contributed by atoms with Crippen LogP contribution in [0.1, 0.15) is 55.4 Å². The van der Waals surface area contributed by atoms with E-state index in [2.05, 4.69) is 67.3 Å². The average molecular weight is 211 g/mol. The lowest BCUT2D eigenvalue weighted by Gasteiger charge is -2.38. The maximum absolute atomic E-state index is 4.09. The summed E-state index contributed by atoms with van der Waals surface area (Å²) >= 11 is 0. The van der Waals surface area contributed by atoms with Crippen molar-refractivity contribution < 1.29 is 0 Å². The molecule has 0 saturated heterocycles. The van der Waals surface area contributed by atoms with E-state index in [1.54, 1.807) is 0 Å². The Balaban J connectivity index is 4.65. The molecule has 0 aromatic rings. The summed E-state index contributed by atoms with van der Waals surface area (Å²) in [5.74, 6) is 0. The molecule has 0 rings (SSSR count). The molecule has 0 aromatic heterocycles. The zero-order chi connectivity index (χ0) is 12.4. The molecule has 0 amide bonds. The Morgan fingerprint density at radius 1 is 1.00 bits per heavy atom. The third-order valence-electron chi connectivity index (χ3n) is 3.07. The lowest BCUT2D eigenvalue weighted by Crippen LogP contribution is -2.49. The first-order chi connectivity index (χ1) is 6.46. The van der Waals surface area contributed by atoms with Gasteiger partial charge in [-0.05, 0) is 24.7 Å². The Hall–Kier alpha value is -0.300. The van der Waals surface area contributed by atoms with E-state index in [0.717, 1.165) is 0 Å². The van der Waals surface area contributed by atoms with Crippen molar-refractivity contribution in [2.45, 2.75) is 67.5 Å². The summed E-state index contributed by atoms with van der Waals surface area (Å²) in [4.78, 5) is 0. The highest BCUT2D eigenvalue weighted by Crippen LogP contribution is 2.27. The molecule has 1 N–H and O–H groups in total. The van der Waals surface area contributed by atoms with E-state index in [-0.39, 0.29) is 5.41 Å². The van der Waals surface area contributed by atoms with Crippen LogP contribution in [0.15, 0.2) is 12.2 Å². The summed E-state index contributed by atoms with van der Waals surface area (Å²) < 4.78 is 0. The van der Waals surface area contributed by atoms with Crippen LogP contribution in [0.2, 0.25) is 0 Å². The first kappa shape index (κ1) is 14.7. The van der Waals surface area contributed by atoms with Gasteiger partial charge in [0.05, 0.1) is 0 Å². The highest BCUT2D eigenvalue weighted by molar-refractivity contribution is 5.08. The van der Waals surface area contributed by atoms with E-state index in [9.17, 15) is 0 Å². The van der Waals surface area contributed by atoms with Crippen molar-refractivity contribution in [3.05, 3.63) is 12.2 Å². The first-order valence-corrected chi connectivity index (χ1v) is 5.87. The van der Waals surface area contributed by atoms with Crippen molar-refractivity contribution in [3.8, 4) is 0 Å². The second-order valence-electron chi connectivity index (χ2n) is 6.90. The van der Waals surface area contributed by atoms with E-state index in [0.29, 0.717) is 17.5 Å². The Bertz CT molecular complexity index is 214. The van der Waals surface area contributed by atoms with Gasteiger partial charge in [-0.25, -0.2) is 0 Å². The molecular weight excluding hydrogens is 182 g/mol. The normalized spacial score (nSPS) is 17.3. The lowest BCUT2D eigenvalue weighted by molar-refractivity contribution is 0.213. The molecule has 0 saturated carbocycles. The van der Waals surface area contributed by atoms with E-state index in [1.165, 1.54) is 5.57 Å². The maximum Gasteiger partial charge on any atom is 0.0325 e. The zero-order valence-electron chi connectivity index (χ0n) is 11.9. The molecule has 0 fully saturated rings. The van der Waals surface area contributed by atoms with E-state index >= 15 is 0 Å². The van der Waals surface area contributed by atoms with Crippen LogP contribution in [0.25, 0.3) is 0 Å². The van der Waals surface area contributed by atoms with E-state index < -0.39 is 0 Å². The molecule has 0 radical (unpaired) electrons. The summed E-state index contributed by atoms with van der Waals surface area (Å²) in [6, 6.07) is 0.866. The number of nitrogens with one attached hydrogen (secondary N) is 1. The summed E-state index contributed by atoms with van der Waals surface area (Å²) in [5.41, 5.74) is 1.74. The lowest BCUT2D eigenvalue weighted by atomic mass is 9.80. The molecule has 0 spiro atoms. The van der Waals surface area contributed by atoms with Crippen LogP contribution in [0.4, 0.5) is 0 Å². The van der Waals surface area contributed by atoms with Crippen molar-refractivity contribution in [3.63, 3.8) is 0 Å². The summed E-state index contributed by atoms with van der Waals surface area (Å²) in [5, 5.41) is 3.70. The minimum absolute atomic E-state index is 0.228. The fourth-order valence-electron chi connectivity index (χ4n) is 1.63. The van der Waals surface area contributed by atoms with Gasteiger partial charge in [-0.15, -0.1) is 0 Å². The highest BCUT2D eigenvalue weighted by atomic mass is 15.0. The Morgan fingerprint density at radius 3 is 1.60 bits per heavy atom. The van der Waals surface area contributed by atoms with Gasteiger partial charge >= 0.3 is 0 Å². The summed E-state index contributed by atoms with van der Waals surface area (Å²) in [6.07, 6.45) is 0. The fraction of sp³-hybridized carbons (Fsp3) is 0.857. The molecular formula is C14H29N. The fourth-order valence-corrected chi connectivity index (χ4v) is 1.63. The second-order valence-corrected chi connectivity index (χ2v) is 6.90. The van der Waals surface area contributed by atoms with Crippen molar-refractivity contribution >= 4 is 0 Å². The predicted octanol–water partition coefficient (Wildman–Crippen LogP) is 4.00. The molecule has 1 heteroatoms. The third kappa shape index (κ3) is 4.83. The topological polar surface area (TPSA) is 12.0 Å². The average Bonchev–Trinajstić information content (AvgIpc) is 1.94. The molecule has 0 aromatic carbocycles. The van der Waals surface area contributed by atoms with Crippen LogP contribution < -0.4 is 5.32 Å². The van der Waals surface area contributed by atoms with E-state index in [4.69, 9.17) is 0 Å². The quantitative estimate of drug-likeness (QED) is 0.696. The zero-order valence-corrected chi connectivity index (χ0v) is 11.9. The maximum atomic E-state index is 4.09. The molecule has 0 aliphatic carbocycles. The summed E-state index contributed by atoms with van der Waals surface area (Å²) in [7, 11) is 0. The van der Waals surface area contributed by atoms with Crippen LogP contribution in [-0.2, 0) is 0 Å². The van der Waals surface area contributed by atoms with Crippen LogP contribution in [0, 0.1) is 10.8 Å². The highest BCUT2D eigenvalue weighted by Gasteiger charge is 2.29. The van der Waals surface area contributed by atoms with Crippen LogP contribution in [0.3, 0.4) is 0 Å².